The Morgan fingerprint density at radius 2 is 2.53 bits per heavy atom. The molecule has 0 bridgehead atoms. The van der Waals surface area contributed by atoms with E-state index in [1.807, 2.05) is 19.3 Å². The van der Waals surface area contributed by atoms with Crippen LogP contribution in [-0.2, 0) is 0 Å². The summed E-state index contributed by atoms with van der Waals surface area (Å²) in [6.45, 7) is 4.93. The van der Waals surface area contributed by atoms with E-state index in [9.17, 15) is 5.26 Å². The van der Waals surface area contributed by atoms with Crippen molar-refractivity contribution in [2.24, 2.45) is 0 Å². The minimum absolute atomic E-state index is 0.339. The Bertz CT molecular complexity index is 413. The number of hydrogen-bond acceptors (Lipinski definition) is 3. The normalized spacial score (nSPS) is 28.9. The van der Waals surface area contributed by atoms with Gasteiger partial charge in [0.1, 0.15) is 11.4 Å². The summed E-state index contributed by atoms with van der Waals surface area (Å²) in [7, 11) is 0. The summed E-state index contributed by atoms with van der Waals surface area (Å²) in [6.07, 6.45) is 7.95. The van der Waals surface area contributed by atoms with Crippen molar-refractivity contribution in [3.05, 3.63) is 18.2 Å². The van der Waals surface area contributed by atoms with Gasteiger partial charge in [0.25, 0.3) is 0 Å². The maximum Gasteiger partial charge on any atom is 0.108 e. The molecule has 1 aliphatic rings. The molecule has 4 heteroatoms. The van der Waals surface area contributed by atoms with Crippen LogP contribution < -0.4 is 5.32 Å². The highest BCUT2D eigenvalue weighted by Gasteiger charge is 2.36. The molecule has 1 aromatic rings. The zero-order chi connectivity index (χ0) is 12.3. The van der Waals surface area contributed by atoms with Gasteiger partial charge in [-0.1, -0.05) is 6.92 Å². The first-order valence-corrected chi connectivity index (χ1v) is 6.36. The van der Waals surface area contributed by atoms with Gasteiger partial charge in [-0.15, -0.1) is 0 Å². The van der Waals surface area contributed by atoms with Crippen LogP contribution in [0.1, 0.15) is 44.5 Å². The second-order valence-electron chi connectivity index (χ2n) is 4.86. The predicted octanol–water partition coefficient (Wildman–Crippen LogP) is 2.18. The van der Waals surface area contributed by atoms with Crippen molar-refractivity contribution in [1.29, 1.82) is 5.26 Å². The topological polar surface area (TPSA) is 53.6 Å². The SMILES string of the molecule is CCNC1(C#N)CCCC(n2ccnc2C)C1. The largest absolute Gasteiger partial charge is 0.332 e. The molecule has 0 amide bonds. The van der Waals surface area contributed by atoms with Gasteiger partial charge in [0, 0.05) is 18.4 Å². The van der Waals surface area contributed by atoms with E-state index >= 15 is 0 Å². The molecule has 1 saturated carbocycles. The Labute approximate surface area is 103 Å². The second kappa shape index (κ2) is 4.89. The average molecular weight is 232 g/mol. The van der Waals surface area contributed by atoms with E-state index in [4.69, 9.17) is 0 Å². The Kier molecular flexibility index (Phi) is 3.49. The molecule has 17 heavy (non-hydrogen) atoms. The fourth-order valence-electron chi connectivity index (χ4n) is 2.90. The van der Waals surface area contributed by atoms with Crippen molar-refractivity contribution in [1.82, 2.24) is 14.9 Å². The molecule has 0 spiro atoms. The quantitative estimate of drug-likeness (QED) is 0.869. The molecule has 0 aliphatic heterocycles. The minimum atomic E-state index is -0.339. The minimum Gasteiger partial charge on any atom is -0.332 e. The third-order valence-electron chi connectivity index (χ3n) is 3.71. The number of nitriles is 1. The smallest absolute Gasteiger partial charge is 0.108 e. The molecule has 1 fully saturated rings. The third-order valence-corrected chi connectivity index (χ3v) is 3.71. The highest BCUT2D eigenvalue weighted by atomic mass is 15.1. The lowest BCUT2D eigenvalue weighted by Crippen LogP contribution is -2.47. The van der Waals surface area contributed by atoms with Gasteiger partial charge < -0.3 is 4.57 Å². The Morgan fingerprint density at radius 3 is 3.12 bits per heavy atom. The molecular weight excluding hydrogens is 212 g/mol. The first-order chi connectivity index (χ1) is 8.21. The van der Waals surface area contributed by atoms with E-state index in [0.29, 0.717) is 6.04 Å². The van der Waals surface area contributed by atoms with E-state index < -0.39 is 0 Å². The van der Waals surface area contributed by atoms with Crippen LogP contribution in [0.4, 0.5) is 0 Å². The van der Waals surface area contributed by atoms with Crippen molar-refractivity contribution < 1.29 is 0 Å². The first kappa shape index (κ1) is 12.1. The van der Waals surface area contributed by atoms with Crippen molar-refractivity contribution in [2.75, 3.05) is 6.54 Å². The summed E-state index contributed by atoms with van der Waals surface area (Å²) >= 11 is 0. The molecule has 0 aromatic carbocycles. The van der Waals surface area contributed by atoms with E-state index in [2.05, 4.69) is 27.9 Å². The highest BCUT2D eigenvalue weighted by molar-refractivity contribution is 5.11. The maximum atomic E-state index is 9.42. The van der Waals surface area contributed by atoms with Crippen molar-refractivity contribution in [3.8, 4) is 6.07 Å². The lowest BCUT2D eigenvalue weighted by atomic mass is 9.79. The number of hydrogen-bond donors (Lipinski definition) is 1. The van der Waals surface area contributed by atoms with E-state index in [1.165, 1.54) is 0 Å². The fraction of sp³-hybridized carbons (Fsp3) is 0.692. The second-order valence-corrected chi connectivity index (χ2v) is 4.86. The van der Waals surface area contributed by atoms with Crippen LogP contribution in [0.3, 0.4) is 0 Å². The lowest BCUT2D eigenvalue weighted by Gasteiger charge is -2.37. The van der Waals surface area contributed by atoms with Gasteiger partial charge in [-0.2, -0.15) is 5.26 Å². The zero-order valence-electron chi connectivity index (χ0n) is 10.6. The summed E-state index contributed by atoms with van der Waals surface area (Å²) in [4.78, 5) is 4.27. The van der Waals surface area contributed by atoms with Crippen LogP contribution in [0, 0.1) is 18.3 Å². The van der Waals surface area contributed by atoms with Gasteiger partial charge in [0.05, 0.1) is 6.07 Å². The average Bonchev–Trinajstić information content (AvgIpc) is 2.76. The summed E-state index contributed by atoms with van der Waals surface area (Å²) in [5.41, 5.74) is -0.339. The molecule has 92 valence electrons. The molecule has 1 heterocycles. The summed E-state index contributed by atoms with van der Waals surface area (Å²) in [6, 6.07) is 2.89. The Hall–Kier alpha value is -1.34. The Morgan fingerprint density at radius 1 is 1.71 bits per heavy atom. The molecule has 1 aromatic heterocycles. The number of aromatic nitrogens is 2. The van der Waals surface area contributed by atoms with Crippen LogP contribution in [0.15, 0.2) is 12.4 Å². The number of rotatable bonds is 3. The molecule has 1 aliphatic carbocycles. The molecule has 2 unspecified atom stereocenters. The van der Waals surface area contributed by atoms with Crippen molar-refractivity contribution in [3.63, 3.8) is 0 Å². The monoisotopic (exact) mass is 232 g/mol. The van der Waals surface area contributed by atoms with Crippen LogP contribution in [0.2, 0.25) is 0 Å². The third kappa shape index (κ3) is 2.34. The van der Waals surface area contributed by atoms with Crippen LogP contribution in [0.25, 0.3) is 0 Å². The molecule has 1 N–H and O–H groups in total. The van der Waals surface area contributed by atoms with Gasteiger partial charge >= 0.3 is 0 Å². The lowest BCUT2D eigenvalue weighted by molar-refractivity contribution is 0.232. The zero-order valence-corrected chi connectivity index (χ0v) is 10.6. The fourth-order valence-corrected chi connectivity index (χ4v) is 2.90. The first-order valence-electron chi connectivity index (χ1n) is 6.36. The standard InChI is InChI=1S/C13H20N4/c1-3-16-13(10-14)6-4-5-12(9-13)17-8-7-15-11(17)2/h7-8,12,16H,3-6,9H2,1-2H3. The summed E-state index contributed by atoms with van der Waals surface area (Å²) in [5.74, 6) is 1.04. The van der Waals surface area contributed by atoms with Crippen LogP contribution in [0.5, 0.6) is 0 Å². The van der Waals surface area contributed by atoms with Gasteiger partial charge in [0.2, 0.25) is 0 Å². The molecule has 0 radical (unpaired) electrons. The number of nitrogens with one attached hydrogen (secondary N) is 1. The highest BCUT2D eigenvalue weighted by Crippen LogP contribution is 2.35. The summed E-state index contributed by atoms with van der Waals surface area (Å²) in [5, 5.41) is 12.8. The van der Waals surface area contributed by atoms with Gasteiger partial charge in [-0.05, 0) is 39.2 Å². The van der Waals surface area contributed by atoms with Crippen LogP contribution >= 0.6 is 0 Å². The molecule has 0 saturated heterocycles. The molecule has 2 atom stereocenters. The number of aryl methyl sites for hydroxylation is 1. The van der Waals surface area contributed by atoms with Gasteiger partial charge in [-0.25, -0.2) is 4.98 Å². The van der Waals surface area contributed by atoms with E-state index in [0.717, 1.165) is 38.1 Å². The molecule has 2 rings (SSSR count). The summed E-state index contributed by atoms with van der Waals surface area (Å²) < 4.78 is 2.21. The van der Waals surface area contributed by atoms with Gasteiger partial charge in [0.15, 0.2) is 0 Å². The molecular formula is C13H20N4. The predicted molar refractivity (Wildman–Crippen MR) is 66.5 cm³/mol. The maximum absolute atomic E-state index is 9.42. The van der Waals surface area contributed by atoms with E-state index in [1.54, 1.807) is 0 Å². The van der Waals surface area contributed by atoms with E-state index in [-0.39, 0.29) is 5.54 Å². The Balaban J connectivity index is 2.17. The van der Waals surface area contributed by atoms with Crippen molar-refractivity contribution in [2.45, 2.75) is 51.1 Å². The van der Waals surface area contributed by atoms with Crippen molar-refractivity contribution >= 4 is 0 Å². The number of nitrogens with zero attached hydrogens (tertiary/aromatic N) is 3. The van der Waals surface area contributed by atoms with Crippen LogP contribution in [-0.4, -0.2) is 21.6 Å². The molecule has 4 nitrogen and oxygen atoms in total. The number of imidazole rings is 1. The van der Waals surface area contributed by atoms with Gasteiger partial charge in [-0.3, -0.25) is 5.32 Å².